The Balaban J connectivity index is 1.17. The molecule has 2 aromatic carbocycles. The van der Waals surface area contributed by atoms with Gasteiger partial charge in [-0.3, -0.25) is 24.6 Å². The minimum atomic E-state index is -0.537. The normalized spacial score (nSPS) is 22.9. The Hall–Kier alpha value is -3.48. The zero-order valence-corrected chi connectivity index (χ0v) is 20.0. The highest BCUT2D eigenvalue weighted by atomic mass is 16.2. The minimum absolute atomic E-state index is 0.145. The van der Waals surface area contributed by atoms with Crippen LogP contribution in [-0.4, -0.2) is 62.8 Å². The second-order valence-electron chi connectivity index (χ2n) is 10.8. The second-order valence-corrected chi connectivity index (χ2v) is 10.8. The standard InChI is InChI=1S/C28H29N5O2/c1-17-13-20(22-3-2-4-24-23(22)14-29-31-24)7-8-21(17)25-30-28(10-11-28)27(35)33(25)16-18-9-12-32(15-18)26(34)19-5-6-19/h2-4,7-8,13-14,18-19H,5-6,9-12,15-16H2,1H3,(H,29,31). The summed E-state index contributed by atoms with van der Waals surface area (Å²) in [6.07, 6.45) is 6.56. The number of carbonyl (C=O) groups excluding carboxylic acids is 2. The van der Waals surface area contributed by atoms with Gasteiger partial charge in [-0.1, -0.05) is 30.3 Å². The van der Waals surface area contributed by atoms with Crippen molar-refractivity contribution in [2.75, 3.05) is 19.6 Å². The molecular formula is C28H29N5O2. The summed E-state index contributed by atoms with van der Waals surface area (Å²) in [6.45, 7) is 4.31. The predicted molar refractivity (Wildman–Crippen MR) is 134 cm³/mol. The molecule has 1 saturated heterocycles. The van der Waals surface area contributed by atoms with Gasteiger partial charge in [0.2, 0.25) is 5.91 Å². The molecule has 3 heterocycles. The Morgan fingerprint density at radius 3 is 2.77 bits per heavy atom. The number of likely N-dealkylation sites (tertiary alicyclic amines) is 1. The van der Waals surface area contributed by atoms with E-state index in [2.05, 4.69) is 41.4 Å². The van der Waals surface area contributed by atoms with Crippen molar-refractivity contribution in [3.05, 3.63) is 53.7 Å². The van der Waals surface area contributed by atoms with E-state index in [1.807, 2.05) is 28.1 Å². The molecule has 2 amide bonds. The summed E-state index contributed by atoms with van der Waals surface area (Å²) in [6, 6.07) is 12.6. The number of aromatic amines is 1. The number of aromatic nitrogens is 2. The molecule has 2 aliphatic carbocycles. The number of nitrogens with zero attached hydrogens (tertiary/aromatic N) is 4. The van der Waals surface area contributed by atoms with Gasteiger partial charge in [-0.15, -0.1) is 0 Å². The first-order valence-corrected chi connectivity index (χ1v) is 12.8. The monoisotopic (exact) mass is 467 g/mol. The number of amidine groups is 1. The Morgan fingerprint density at radius 1 is 1.14 bits per heavy atom. The van der Waals surface area contributed by atoms with E-state index in [1.54, 1.807) is 0 Å². The maximum atomic E-state index is 13.4. The van der Waals surface area contributed by atoms with Crippen molar-refractivity contribution >= 4 is 28.6 Å². The van der Waals surface area contributed by atoms with E-state index < -0.39 is 5.54 Å². The van der Waals surface area contributed by atoms with Crippen molar-refractivity contribution in [2.24, 2.45) is 16.8 Å². The fourth-order valence-corrected chi connectivity index (χ4v) is 5.81. The Labute approximate surface area is 204 Å². The van der Waals surface area contributed by atoms with Crippen LogP contribution in [0.1, 0.15) is 43.2 Å². The molecule has 1 aromatic heterocycles. The third kappa shape index (κ3) is 3.39. The van der Waals surface area contributed by atoms with Crippen LogP contribution >= 0.6 is 0 Å². The van der Waals surface area contributed by atoms with Gasteiger partial charge in [0.25, 0.3) is 5.91 Å². The first kappa shape index (κ1) is 20.9. The fraction of sp³-hybridized carbons (Fsp3) is 0.429. The summed E-state index contributed by atoms with van der Waals surface area (Å²) in [7, 11) is 0. The van der Waals surface area contributed by atoms with Gasteiger partial charge >= 0.3 is 0 Å². The zero-order chi connectivity index (χ0) is 23.7. The highest BCUT2D eigenvalue weighted by molar-refractivity contribution is 6.17. The maximum absolute atomic E-state index is 13.4. The van der Waals surface area contributed by atoms with Crippen molar-refractivity contribution in [2.45, 2.75) is 44.6 Å². The van der Waals surface area contributed by atoms with Crippen LogP contribution < -0.4 is 0 Å². The minimum Gasteiger partial charge on any atom is -0.342 e. The molecule has 3 aromatic rings. The third-order valence-electron chi connectivity index (χ3n) is 8.17. The van der Waals surface area contributed by atoms with E-state index in [4.69, 9.17) is 4.99 Å². The third-order valence-corrected chi connectivity index (χ3v) is 8.17. The molecule has 4 aliphatic rings. The average Bonchev–Trinajstić information content (AvgIpc) is 3.74. The van der Waals surface area contributed by atoms with Crippen molar-refractivity contribution in [3.63, 3.8) is 0 Å². The molecule has 1 atom stereocenters. The molecule has 7 nitrogen and oxygen atoms in total. The summed E-state index contributed by atoms with van der Waals surface area (Å²) in [4.78, 5) is 34.9. The average molecular weight is 468 g/mol. The Morgan fingerprint density at radius 2 is 2.00 bits per heavy atom. The van der Waals surface area contributed by atoms with Crippen LogP contribution in [0.3, 0.4) is 0 Å². The number of hydrogen-bond donors (Lipinski definition) is 1. The number of carbonyl (C=O) groups is 2. The van der Waals surface area contributed by atoms with E-state index in [-0.39, 0.29) is 11.8 Å². The molecule has 2 saturated carbocycles. The molecule has 7 rings (SSSR count). The zero-order valence-electron chi connectivity index (χ0n) is 20.0. The van der Waals surface area contributed by atoms with Crippen LogP contribution in [0.5, 0.6) is 0 Å². The Bertz CT molecular complexity index is 1400. The number of benzene rings is 2. The molecule has 1 unspecified atom stereocenters. The highest BCUT2D eigenvalue weighted by Gasteiger charge is 2.57. The molecule has 35 heavy (non-hydrogen) atoms. The molecule has 178 valence electrons. The molecule has 0 bridgehead atoms. The number of rotatable bonds is 5. The lowest BCUT2D eigenvalue weighted by Gasteiger charge is -2.24. The van der Waals surface area contributed by atoms with E-state index in [0.29, 0.717) is 18.4 Å². The molecule has 0 radical (unpaired) electrons. The van der Waals surface area contributed by atoms with Crippen molar-refractivity contribution in [1.29, 1.82) is 0 Å². The van der Waals surface area contributed by atoms with Gasteiger partial charge in [0.1, 0.15) is 11.4 Å². The van der Waals surface area contributed by atoms with Crippen LogP contribution in [0, 0.1) is 18.8 Å². The maximum Gasteiger partial charge on any atom is 0.256 e. The van der Waals surface area contributed by atoms with Gasteiger partial charge in [-0.25, -0.2) is 0 Å². The van der Waals surface area contributed by atoms with Crippen molar-refractivity contribution in [1.82, 2.24) is 20.0 Å². The lowest BCUT2D eigenvalue weighted by molar-refractivity contribution is -0.131. The van der Waals surface area contributed by atoms with Crippen LogP contribution in [0.4, 0.5) is 0 Å². The summed E-state index contributed by atoms with van der Waals surface area (Å²) >= 11 is 0. The van der Waals surface area contributed by atoms with E-state index in [0.717, 1.165) is 84.2 Å². The molecule has 1 spiro atoms. The molecule has 1 N–H and O–H groups in total. The SMILES string of the molecule is Cc1cc(-c2cccc3[nH]ncc23)ccc1C1=NC2(CC2)C(=O)N1CC1CCN(C(=O)C2CC2)C1. The van der Waals surface area contributed by atoms with Gasteiger partial charge in [0.05, 0.1) is 11.7 Å². The summed E-state index contributed by atoms with van der Waals surface area (Å²) in [5.41, 5.74) is 4.87. The second kappa shape index (κ2) is 7.51. The largest absolute Gasteiger partial charge is 0.342 e. The van der Waals surface area contributed by atoms with E-state index in [1.165, 1.54) is 0 Å². The quantitative estimate of drug-likeness (QED) is 0.618. The molecular weight excluding hydrogens is 438 g/mol. The number of aryl methyl sites for hydroxylation is 1. The summed E-state index contributed by atoms with van der Waals surface area (Å²) in [5.74, 6) is 1.82. The van der Waals surface area contributed by atoms with Gasteiger partial charge in [-0.05, 0) is 67.7 Å². The van der Waals surface area contributed by atoms with Crippen molar-refractivity contribution in [3.8, 4) is 11.1 Å². The number of H-pyrrole nitrogens is 1. The number of amides is 2. The smallest absolute Gasteiger partial charge is 0.256 e. The van der Waals surface area contributed by atoms with Gasteiger partial charge in [0, 0.05) is 36.5 Å². The van der Waals surface area contributed by atoms with Gasteiger partial charge < -0.3 is 4.90 Å². The van der Waals surface area contributed by atoms with Crippen molar-refractivity contribution < 1.29 is 9.59 Å². The predicted octanol–water partition coefficient (Wildman–Crippen LogP) is 3.92. The first-order valence-electron chi connectivity index (χ1n) is 12.8. The number of fused-ring (bicyclic) bond motifs is 1. The summed E-state index contributed by atoms with van der Waals surface area (Å²) in [5, 5.41) is 8.34. The van der Waals surface area contributed by atoms with Crippen LogP contribution in [-0.2, 0) is 9.59 Å². The highest BCUT2D eigenvalue weighted by Crippen LogP contribution is 2.46. The van der Waals surface area contributed by atoms with Crippen LogP contribution in [0.25, 0.3) is 22.0 Å². The molecule has 3 fully saturated rings. The van der Waals surface area contributed by atoms with Crippen LogP contribution in [0.15, 0.2) is 47.6 Å². The fourth-order valence-electron chi connectivity index (χ4n) is 5.81. The summed E-state index contributed by atoms with van der Waals surface area (Å²) < 4.78 is 0. The first-order chi connectivity index (χ1) is 17.0. The van der Waals surface area contributed by atoms with Gasteiger partial charge in [0.15, 0.2) is 0 Å². The number of aliphatic imine (C=N–C) groups is 1. The number of hydrogen-bond acceptors (Lipinski definition) is 4. The van der Waals surface area contributed by atoms with Gasteiger partial charge in [-0.2, -0.15) is 5.10 Å². The number of nitrogens with one attached hydrogen (secondary N) is 1. The molecule has 2 aliphatic heterocycles. The lowest BCUT2D eigenvalue weighted by Crippen LogP contribution is -2.41. The lowest BCUT2D eigenvalue weighted by atomic mass is 9.97. The van der Waals surface area contributed by atoms with E-state index >= 15 is 0 Å². The Kier molecular flexibility index (Phi) is 4.47. The van der Waals surface area contributed by atoms with Crippen LogP contribution in [0.2, 0.25) is 0 Å². The molecule has 7 heteroatoms. The topological polar surface area (TPSA) is 81.7 Å². The van der Waals surface area contributed by atoms with E-state index in [9.17, 15) is 9.59 Å².